The third-order valence-electron chi connectivity index (χ3n) is 2.94. The molecule has 1 atom stereocenters. The molecular weight excluding hydrogens is 330 g/mol. The van der Waals surface area contributed by atoms with Crippen LogP contribution >= 0.6 is 0 Å². The van der Waals surface area contributed by atoms with Crippen molar-refractivity contribution >= 4 is 17.6 Å². The smallest absolute Gasteiger partial charge is 0.339 e. The zero-order valence-corrected chi connectivity index (χ0v) is 12.3. The van der Waals surface area contributed by atoms with Gasteiger partial charge in [0.05, 0.1) is 5.56 Å². The lowest BCUT2D eigenvalue weighted by Crippen LogP contribution is -2.30. The van der Waals surface area contributed by atoms with E-state index >= 15 is 0 Å². The summed E-state index contributed by atoms with van der Waals surface area (Å²) in [6.45, 7) is 1.21. The molecule has 0 aliphatic heterocycles. The average Bonchev–Trinajstić information content (AvgIpc) is 2.49. The van der Waals surface area contributed by atoms with Gasteiger partial charge in [0.2, 0.25) is 0 Å². The molecule has 4 nitrogen and oxygen atoms in total. The molecule has 0 saturated carbocycles. The van der Waals surface area contributed by atoms with Crippen molar-refractivity contribution in [2.75, 3.05) is 5.32 Å². The van der Waals surface area contributed by atoms with Crippen LogP contribution in [0.25, 0.3) is 0 Å². The number of hydrogen-bond acceptors (Lipinski definition) is 3. The fraction of sp³-hybridized carbons (Fsp3) is 0.125. The number of carbonyl (C=O) groups excluding carboxylic acids is 2. The van der Waals surface area contributed by atoms with Gasteiger partial charge in [-0.2, -0.15) is 0 Å². The summed E-state index contributed by atoms with van der Waals surface area (Å²) in [5.74, 6) is -6.12. The van der Waals surface area contributed by atoms with Crippen molar-refractivity contribution < 1.29 is 31.9 Å². The van der Waals surface area contributed by atoms with Crippen LogP contribution in [0.1, 0.15) is 17.3 Å². The molecule has 0 spiro atoms. The molecule has 0 fully saturated rings. The van der Waals surface area contributed by atoms with Gasteiger partial charge in [-0.3, -0.25) is 4.79 Å². The first-order valence-corrected chi connectivity index (χ1v) is 6.69. The lowest BCUT2D eigenvalue weighted by atomic mass is 10.2. The van der Waals surface area contributed by atoms with Gasteiger partial charge in [0.25, 0.3) is 5.91 Å². The summed E-state index contributed by atoms with van der Waals surface area (Å²) in [6, 6.07) is 4.78. The summed E-state index contributed by atoms with van der Waals surface area (Å²) in [5, 5.41) is 2.22. The third kappa shape index (κ3) is 4.31. The van der Waals surface area contributed by atoms with Crippen molar-refractivity contribution in [1.29, 1.82) is 0 Å². The fourth-order valence-corrected chi connectivity index (χ4v) is 1.77. The molecule has 24 heavy (non-hydrogen) atoms. The van der Waals surface area contributed by atoms with Crippen molar-refractivity contribution in [1.82, 2.24) is 0 Å². The van der Waals surface area contributed by atoms with E-state index in [1.165, 1.54) is 6.92 Å². The van der Waals surface area contributed by atoms with Gasteiger partial charge in [0.15, 0.2) is 17.7 Å². The summed E-state index contributed by atoms with van der Waals surface area (Å²) >= 11 is 0. The summed E-state index contributed by atoms with van der Waals surface area (Å²) in [4.78, 5) is 23.6. The third-order valence-corrected chi connectivity index (χ3v) is 2.94. The Kier molecular flexibility index (Phi) is 5.18. The largest absolute Gasteiger partial charge is 0.449 e. The Balaban J connectivity index is 2.02. The standard InChI is InChI=1S/C16H11F4NO3/c1-8(15(22)21-12-2-3-13(19)14(20)7-12)24-16(23)9-4-10(17)6-11(18)5-9/h2-8H,1H3,(H,21,22)/t8-/m1/s1. The number of ether oxygens (including phenoxy) is 1. The predicted octanol–water partition coefficient (Wildman–Crippen LogP) is 3.43. The minimum atomic E-state index is -1.34. The van der Waals surface area contributed by atoms with Crippen LogP contribution in [0.5, 0.6) is 0 Å². The van der Waals surface area contributed by atoms with Crippen molar-refractivity contribution in [2.24, 2.45) is 0 Å². The summed E-state index contributed by atoms with van der Waals surface area (Å²) < 4.78 is 56.7. The predicted molar refractivity (Wildman–Crippen MR) is 76.2 cm³/mol. The van der Waals surface area contributed by atoms with Crippen LogP contribution < -0.4 is 5.32 Å². The number of esters is 1. The minimum Gasteiger partial charge on any atom is -0.449 e. The van der Waals surface area contributed by atoms with Gasteiger partial charge < -0.3 is 10.1 Å². The number of anilines is 1. The SMILES string of the molecule is C[C@@H](OC(=O)c1cc(F)cc(F)c1)C(=O)Nc1ccc(F)c(F)c1. The van der Waals surface area contributed by atoms with Gasteiger partial charge in [-0.1, -0.05) is 0 Å². The van der Waals surface area contributed by atoms with Crippen LogP contribution in [0.2, 0.25) is 0 Å². The summed E-state index contributed by atoms with van der Waals surface area (Å²) in [6.07, 6.45) is -1.34. The van der Waals surface area contributed by atoms with E-state index in [0.29, 0.717) is 6.07 Å². The molecule has 0 aliphatic rings. The first-order chi connectivity index (χ1) is 11.3. The van der Waals surface area contributed by atoms with E-state index in [9.17, 15) is 27.2 Å². The lowest BCUT2D eigenvalue weighted by molar-refractivity contribution is -0.123. The molecule has 2 aromatic carbocycles. The molecule has 1 amide bonds. The normalized spacial score (nSPS) is 11.7. The molecule has 2 rings (SSSR count). The highest BCUT2D eigenvalue weighted by atomic mass is 19.2. The zero-order valence-electron chi connectivity index (χ0n) is 12.3. The van der Waals surface area contributed by atoms with Gasteiger partial charge in [0, 0.05) is 17.8 Å². The Morgan fingerprint density at radius 1 is 0.958 bits per heavy atom. The van der Waals surface area contributed by atoms with E-state index in [0.717, 1.165) is 30.3 Å². The molecule has 1 N–H and O–H groups in total. The van der Waals surface area contributed by atoms with Crippen LogP contribution in [0.4, 0.5) is 23.2 Å². The van der Waals surface area contributed by atoms with Crippen LogP contribution in [0.15, 0.2) is 36.4 Å². The first kappa shape index (κ1) is 17.5. The highest BCUT2D eigenvalue weighted by molar-refractivity contribution is 5.97. The second-order valence-corrected chi connectivity index (χ2v) is 4.82. The Hall–Kier alpha value is -2.90. The van der Waals surface area contributed by atoms with E-state index in [-0.39, 0.29) is 5.69 Å². The van der Waals surface area contributed by atoms with E-state index in [4.69, 9.17) is 4.74 Å². The fourth-order valence-electron chi connectivity index (χ4n) is 1.77. The van der Waals surface area contributed by atoms with E-state index in [1.54, 1.807) is 0 Å². The van der Waals surface area contributed by atoms with Crippen LogP contribution in [0, 0.1) is 23.3 Å². The minimum absolute atomic E-state index is 0.0430. The van der Waals surface area contributed by atoms with Crippen molar-refractivity contribution in [3.05, 3.63) is 65.2 Å². The maximum absolute atomic E-state index is 13.1. The molecule has 126 valence electrons. The lowest BCUT2D eigenvalue weighted by Gasteiger charge is -2.13. The first-order valence-electron chi connectivity index (χ1n) is 6.69. The van der Waals surface area contributed by atoms with Gasteiger partial charge in [-0.05, 0) is 31.2 Å². The second kappa shape index (κ2) is 7.12. The molecule has 0 aromatic heterocycles. The van der Waals surface area contributed by atoms with Gasteiger partial charge in [-0.25, -0.2) is 22.4 Å². The van der Waals surface area contributed by atoms with E-state index in [1.807, 2.05) is 0 Å². The Bertz CT molecular complexity index is 775. The Labute approximate surface area is 134 Å². The van der Waals surface area contributed by atoms with Crippen molar-refractivity contribution in [3.63, 3.8) is 0 Å². The molecule has 8 heteroatoms. The monoisotopic (exact) mass is 341 g/mol. The molecular formula is C16H11F4NO3. The number of amides is 1. The van der Waals surface area contributed by atoms with Crippen LogP contribution in [0.3, 0.4) is 0 Å². The summed E-state index contributed by atoms with van der Waals surface area (Å²) in [7, 11) is 0. The number of nitrogens with one attached hydrogen (secondary N) is 1. The number of halogens is 4. The Morgan fingerprint density at radius 3 is 2.17 bits per heavy atom. The molecule has 0 unspecified atom stereocenters. The zero-order chi connectivity index (χ0) is 17.9. The topological polar surface area (TPSA) is 55.4 Å². The molecule has 0 heterocycles. The maximum atomic E-state index is 13.1. The number of benzene rings is 2. The van der Waals surface area contributed by atoms with Crippen LogP contribution in [-0.4, -0.2) is 18.0 Å². The number of rotatable bonds is 4. The number of carbonyl (C=O) groups is 2. The maximum Gasteiger partial charge on any atom is 0.339 e. The quantitative estimate of drug-likeness (QED) is 0.685. The van der Waals surface area contributed by atoms with E-state index < -0.39 is 46.8 Å². The summed E-state index contributed by atoms with van der Waals surface area (Å²) in [5.41, 5.74) is -0.446. The highest BCUT2D eigenvalue weighted by Gasteiger charge is 2.20. The van der Waals surface area contributed by atoms with Gasteiger partial charge >= 0.3 is 5.97 Å². The van der Waals surface area contributed by atoms with Crippen molar-refractivity contribution in [2.45, 2.75) is 13.0 Å². The average molecular weight is 341 g/mol. The van der Waals surface area contributed by atoms with E-state index in [2.05, 4.69) is 5.32 Å². The van der Waals surface area contributed by atoms with Gasteiger partial charge in [-0.15, -0.1) is 0 Å². The van der Waals surface area contributed by atoms with Crippen LogP contribution in [-0.2, 0) is 9.53 Å². The highest BCUT2D eigenvalue weighted by Crippen LogP contribution is 2.14. The van der Waals surface area contributed by atoms with Gasteiger partial charge in [0.1, 0.15) is 11.6 Å². The molecule has 0 bridgehead atoms. The molecule has 0 radical (unpaired) electrons. The van der Waals surface area contributed by atoms with Crippen molar-refractivity contribution in [3.8, 4) is 0 Å². The molecule has 2 aromatic rings. The Morgan fingerprint density at radius 2 is 1.58 bits per heavy atom. The number of hydrogen-bond donors (Lipinski definition) is 1. The molecule has 0 aliphatic carbocycles. The molecule has 0 saturated heterocycles. The second-order valence-electron chi connectivity index (χ2n) is 4.82.